The molecule has 0 aliphatic carbocycles. The van der Waals surface area contributed by atoms with Gasteiger partial charge in [0.1, 0.15) is 0 Å². The summed E-state index contributed by atoms with van der Waals surface area (Å²) in [4.78, 5) is 20.0. The van der Waals surface area contributed by atoms with Crippen LogP contribution in [0.4, 0.5) is 5.13 Å². The average Bonchev–Trinajstić information content (AvgIpc) is 2.89. The van der Waals surface area contributed by atoms with Gasteiger partial charge in [-0.1, -0.05) is 0 Å². The maximum absolute atomic E-state index is 11.3. The van der Waals surface area contributed by atoms with E-state index in [1.165, 1.54) is 18.4 Å². The van der Waals surface area contributed by atoms with Gasteiger partial charge in [-0.15, -0.1) is 11.3 Å². The van der Waals surface area contributed by atoms with E-state index in [4.69, 9.17) is 5.11 Å². The van der Waals surface area contributed by atoms with Gasteiger partial charge in [0.25, 0.3) is 0 Å². The molecule has 1 aromatic rings. The molecule has 1 fully saturated rings. The average molecular weight is 271 g/mol. The van der Waals surface area contributed by atoms with Gasteiger partial charge < -0.3 is 14.7 Å². The van der Waals surface area contributed by atoms with Gasteiger partial charge in [0.05, 0.1) is 13.7 Å². The van der Waals surface area contributed by atoms with Crippen molar-refractivity contribution in [2.75, 3.05) is 51.3 Å². The lowest BCUT2D eigenvalue weighted by atomic mass is 10.3. The van der Waals surface area contributed by atoms with E-state index < -0.39 is 5.97 Å². The van der Waals surface area contributed by atoms with Gasteiger partial charge in [0.2, 0.25) is 0 Å². The van der Waals surface area contributed by atoms with Crippen LogP contribution >= 0.6 is 11.3 Å². The minimum atomic E-state index is -0.392. The molecule has 1 N–H and O–H groups in total. The van der Waals surface area contributed by atoms with Crippen LogP contribution in [0.25, 0.3) is 0 Å². The SMILES string of the molecule is COC(=O)c1csc(N2CCN(CCO)CC2)n1. The molecule has 2 rings (SSSR count). The van der Waals surface area contributed by atoms with Gasteiger partial charge in [-0.05, 0) is 0 Å². The quantitative estimate of drug-likeness (QED) is 0.780. The Kier molecular flexibility index (Phi) is 4.51. The van der Waals surface area contributed by atoms with Crippen molar-refractivity contribution < 1.29 is 14.6 Å². The lowest BCUT2D eigenvalue weighted by Crippen LogP contribution is -2.47. The Morgan fingerprint density at radius 3 is 2.83 bits per heavy atom. The first kappa shape index (κ1) is 13.3. The normalized spacial score (nSPS) is 16.9. The molecule has 18 heavy (non-hydrogen) atoms. The Hall–Kier alpha value is -1.18. The van der Waals surface area contributed by atoms with Gasteiger partial charge in [0.15, 0.2) is 10.8 Å². The van der Waals surface area contributed by atoms with Crippen LogP contribution in [0.5, 0.6) is 0 Å². The highest BCUT2D eigenvalue weighted by Gasteiger charge is 2.20. The number of aliphatic hydroxyl groups excluding tert-OH is 1. The summed E-state index contributed by atoms with van der Waals surface area (Å²) >= 11 is 1.46. The third-order valence-corrected chi connectivity index (χ3v) is 3.85. The fraction of sp³-hybridized carbons (Fsp3) is 0.636. The second-order valence-corrected chi connectivity index (χ2v) is 4.90. The third-order valence-electron chi connectivity index (χ3n) is 2.95. The number of carbonyl (C=O) groups excluding carboxylic acids is 1. The number of aliphatic hydroxyl groups is 1. The Bertz CT molecular complexity index is 402. The molecule has 7 heteroatoms. The summed E-state index contributed by atoms with van der Waals surface area (Å²) in [5.74, 6) is -0.392. The predicted octanol–water partition coefficient (Wildman–Crippen LogP) is 0.0440. The summed E-state index contributed by atoms with van der Waals surface area (Å²) in [5.41, 5.74) is 0.371. The molecule has 0 bridgehead atoms. The van der Waals surface area contributed by atoms with Crippen LogP contribution in [0, 0.1) is 0 Å². The number of aromatic nitrogens is 1. The largest absolute Gasteiger partial charge is 0.464 e. The number of methoxy groups -OCH3 is 1. The van der Waals surface area contributed by atoms with Crippen molar-refractivity contribution in [3.8, 4) is 0 Å². The number of hydrogen-bond donors (Lipinski definition) is 1. The van der Waals surface area contributed by atoms with Gasteiger partial charge in [-0.25, -0.2) is 9.78 Å². The molecule has 6 nitrogen and oxygen atoms in total. The highest BCUT2D eigenvalue weighted by Crippen LogP contribution is 2.22. The zero-order valence-electron chi connectivity index (χ0n) is 10.3. The lowest BCUT2D eigenvalue weighted by molar-refractivity contribution is 0.0595. The first-order valence-electron chi connectivity index (χ1n) is 5.86. The molecule has 2 heterocycles. The molecule has 0 atom stereocenters. The number of β-amino-alcohol motifs (C(OH)–C–C–N with tert-alkyl or cyclic N) is 1. The number of anilines is 1. The van der Waals surface area contributed by atoms with Crippen molar-refractivity contribution in [2.24, 2.45) is 0 Å². The molecule has 0 unspecified atom stereocenters. The first-order valence-corrected chi connectivity index (χ1v) is 6.74. The summed E-state index contributed by atoms with van der Waals surface area (Å²) in [5, 5.41) is 11.5. The molecule has 0 spiro atoms. The summed E-state index contributed by atoms with van der Waals surface area (Å²) < 4.78 is 4.64. The topological polar surface area (TPSA) is 65.9 Å². The predicted molar refractivity (Wildman–Crippen MR) is 69.2 cm³/mol. The highest BCUT2D eigenvalue weighted by atomic mass is 32.1. The van der Waals surface area contributed by atoms with Gasteiger partial charge >= 0.3 is 5.97 Å². The van der Waals surface area contributed by atoms with Crippen molar-refractivity contribution in [3.63, 3.8) is 0 Å². The standard InChI is InChI=1S/C11H17N3O3S/c1-17-10(16)9-8-18-11(12-9)14-4-2-13(3-5-14)6-7-15/h8,15H,2-7H2,1H3. The lowest BCUT2D eigenvalue weighted by Gasteiger charge is -2.34. The van der Waals surface area contributed by atoms with Crippen molar-refractivity contribution in [3.05, 3.63) is 11.1 Å². The van der Waals surface area contributed by atoms with E-state index in [9.17, 15) is 4.79 Å². The van der Waals surface area contributed by atoms with E-state index in [0.29, 0.717) is 5.69 Å². The number of piperazine rings is 1. The fourth-order valence-electron chi connectivity index (χ4n) is 1.91. The van der Waals surface area contributed by atoms with Crippen LogP contribution in [0.15, 0.2) is 5.38 Å². The number of ether oxygens (including phenoxy) is 1. The maximum Gasteiger partial charge on any atom is 0.357 e. The minimum Gasteiger partial charge on any atom is -0.464 e. The van der Waals surface area contributed by atoms with Crippen molar-refractivity contribution in [2.45, 2.75) is 0 Å². The summed E-state index contributed by atoms with van der Waals surface area (Å²) in [6.45, 7) is 4.48. The minimum absolute atomic E-state index is 0.198. The number of rotatable bonds is 4. The molecular formula is C11H17N3O3S. The van der Waals surface area contributed by atoms with E-state index in [2.05, 4.69) is 19.5 Å². The molecule has 1 saturated heterocycles. The van der Waals surface area contributed by atoms with Gasteiger partial charge in [0, 0.05) is 38.1 Å². The monoisotopic (exact) mass is 271 g/mol. The third kappa shape index (κ3) is 2.98. The Labute approximate surface area is 110 Å². The second kappa shape index (κ2) is 6.12. The van der Waals surface area contributed by atoms with Crippen LogP contribution in [0.1, 0.15) is 10.5 Å². The summed E-state index contributed by atoms with van der Waals surface area (Å²) in [7, 11) is 1.36. The molecule has 1 aromatic heterocycles. The molecule has 0 saturated carbocycles. The molecule has 0 amide bonds. The van der Waals surface area contributed by atoms with E-state index in [1.54, 1.807) is 5.38 Å². The van der Waals surface area contributed by atoms with E-state index in [1.807, 2.05) is 0 Å². The number of hydrogen-bond acceptors (Lipinski definition) is 7. The van der Waals surface area contributed by atoms with Crippen LogP contribution in [0.3, 0.4) is 0 Å². The molecule has 0 aromatic carbocycles. The van der Waals surface area contributed by atoms with E-state index >= 15 is 0 Å². The van der Waals surface area contributed by atoms with Gasteiger partial charge in [-0.3, -0.25) is 4.90 Å². The smallest absolute Gasteiger partial charge is 0.357 e. The maximum atomic E-state index is 11.3. The Morgan fingerprint density at radius 2 is 2.22 bits per heavy atom. The summed E-state index contributed by atoms with van der Waals surface area (Å²) in [6, 6.07) is 0. The Morgan fingerprint density at radius 1 is 1.50 bits per heavy atom. The zero-order chi connectivity index (χ0) is 13.0. The number of thiazole rings is 1. The Balaban J connectivity index is 1.93. The molecular weight excluding hydrogens is 254 g/mol. The van der Waals surface area contributed by atoms with E-state index in [0.717, 1.165) is 37.9 Å². The zero-order valence-corrected chi connectivity index (χ0v) is 11.2. The van der Waals surface area contributed by atoms with Crippen molar-refractivity contribution in [1.82, 2.24) is 9.88 Å². The molecule has 0 radical (unpaired) electrons. The fourth-order valence-corrected chi connectivity index (χ4v) is 2.76. The number of carbonyl (C=O) groups is 1. The van der Waals surface area contributed by atoms with Crippen LogP contribution in [0.2, 0.25) is 0 Å². The first-order chi connectivity index (χ1) is 8.74. The molecule has 1 aliphatic heterocycles. The number of nitrogens with zero attached hydrogens (tertiary/aromatic N) is 3. The van der Waals surface area contributed by atoms with E-state index in [-0.39, 0.29) is 6.61 Å². The second-order valence-electron chi connectivity index (χ2n) is 4.06. The number of esters is 1. The highest BCUT2D eigenvalue weighted by molar-refractivity contribution is 7.13. The summed E-state index contributed by atoms with van der Waals surface area (Å²) in [6.07, 6.45) is 0. The van der Waals surface area contributed by atoms with Crippen molar-refractivity contribution >= 4 is 22.4 Å². The van der Waals surface area contributed by atoms with Crippen LogP contribution in [-0.2, 0) is 4.74 Å². The van der Waals surface area contributed by atoms with Gasteiger partial charge in [-0.2, -0.15) is 0 Å². The van der Waals surface area contributed by atoms with Crippen LogP contribution in [-0.4, -0.2) is 67.4 Å². The molecule has 100 valence electrons. The molecule has 1 aliphatic rings. The van der Waals surface area contributed by atoms with Crippen molar-refractivity contribution in [1.29, 1.82) is 0 Å². The van der Waals surface area contributed by atoms with Crippen LogP contribution < -0.4 is 4.90 Å².